The van der Waals surface area contributed by atoms with Gasteiger partial charge < -0.3 is 14.6 Å². The first kappa shape index (κ1) is 11.4. The highest BCUT2D eigenvalue weighted by Crippen LogP contribution is 2.05. The summed E-state index contributed by atoms with van der Waals surface area (Å²) in [7, 11) is 1.77. The highest BCUT2D eigenvalue weighted by molar-refractivity contribution is 4.80. The molecule has 0 amide bonds. The van der Waals surface area contributed by atoms with Crippen LogP contribution in [0.3, 0.4) is 0 Å². The molecule has 0 bridgehead atoms. The quantitative estimate of drug-likeness (QED) is 0.782. The van der Waals surface area contributed by atoms with Gasteiger partial charge in [-0.3, -0.25) is 4.57 Å². The summed E-state index contributed by atoms with van der Waals surface area (Å²) in [5, 5.41) is 3.46. The van der Waals surface area contributed by atoms with E-state index in [0.29, 0.717) is 6.04 Å². The fraction of sp³-hybridized carbons (Fsp3) is 0.727. The number of aromatic nitrogens is 2. The smallest absolute Gasteiger partial charge is 0.327 e. The molecule has 1 aliphatic heterocycles. The van der Waals surface area contributed by atoms with E-state index in [-0.39, 0.29) is 5.69 Å². The third kappa shape index (κ3) is 2.74. The van der Waals surface area contributed by atoms with Crippen molar-refractivity contribution < 1.29 is 4.74 Å². The molecule has 16 heavy (non-hydrogen) atoms. The minimum absolute atomic E-state index is 0.0498. The molecule has 2 heterocycles. The SMILES string of the molecule is Cn1ccn(CCNC2CCOCC2)c1=O. The number of hydrogen-bond donors (Lipinski definition) is 1. The molecule has 0 spiro atoms. The van der Waals surface area contributed by atoms with Crippen LogP contribution in [0.4, 0.5) is 0 Å². The van der Waals surface area contributed by atoms with E-state index < -0.39 is 0 Å². The van der Waals surface area contributed by atoms with Crippen LogP contribution in [-0.4, -0.2) is 34.9 Å². The maximum Gasteiger partial charge on any atom is 0.327 e. The summed E-state index contributed by atoms with van der Waals surface area (Å²) in [6, 6.07) is 0.549. The largest absolute Gasteiger partial charge is 0.381 e. The van der Waals surface area contributed by atoms with Crippen LogP contribution in [0.2, 0.25) is 0 Å². The summed E-state index contributed by atoms with van der Waals surface area (Å²) in [5.41, 5.74) is 0.0498. The van der Waals surface area contributed by atoms with E-state index in [1.807, 2.05) is 6.20 Å². The van der Waals surface area contributed by atoms with Gasteiger partial charge in [0.1, 0.15) is 0 Å². The number of imidazole rings is 1. The van der Waals surface area contributed by atoms with Crippen LogP contribution in [0, 0.1) is 0 Å². The highest BCUT2D eigenvalue weighted by atomic mass is 16.5. The van der Waals surface area contributed by atoms with E-state index in [2.05, 4.69) is 5.32 Å². The van der Waals surface area contributed by atoms with Gasteiger partial charge in [-0.25, -0.2) is 4.79 Å². The Bertz CT molecular complexity index is 377. The molecule has 1 aromatic heterocycles. The molecule has 0 aromatic carbocycles. The fourth-order valence-electron chi connectivity index (χ4n) is 1.97. The van der Waals surface area contributed by atoms with E-state index in [4.69, 9.17) is 4.74 Å². The Morgan fingerprint density at radius 2 is 2.19 bits per heavy atom. The predicted octanol–water partition coefficient (Wildman–Crippen LogP) is -0.0446. The lowest BCUT2D eigenvalue weighted by Gasteiger charge is -2.23. The van der Waals surface area contributed by atoms with E-state index in [1.165, 1.54) is 0 Å². The monoisotopic (exact) mass is 225 g/mol. The Morgan fingerprint density at radius 3 is 2.81 bits per heavy atom. The zero-order valence-electron chi connectivity index (χ0n) is 9.69. The maximum absolute atomic E-state index is 11.5. The molecule has 0 radical (unpaired) electrons. The van der Waals surface area contributed by atoms with Crippen molar-refractivity contribution in [2.24, 2.45) is 7.05 Å². The number of nitrogens with zero attached hydrogens (tertiary/aromatic N) is 2. The molecule has 1 aromatic rings. The van der Waals surface area contributed by atoms with E-state index in [9.17, 15) is 4.79 Å². The first-order valence-corrected chi connectivity index (χ1v) is 5.80. The normalized spacial score (nSPS) is 17.8. The van der Waals surface area contributed by atoms with Crippen LogP contribution >= 0.6 is 0 Å². The first-order chi connectivity index (χ1) is 7.77. The fourth-order valence-corrected chi connectivity index (χ4v) is 1.97. The summed E-state index contributed by atoms with van der Waals surface area (Å²) in [6.45, 7) is 3.28. The second-order valence-corrected chi connectivity index (χ2v) is 4.23. The second kappa shape index (κ2) is 5.32. The molecule has 0 saturated carbocycles. The summed E-state index contributed by atoms with van der Waals surface area (Å²) in [4.78, 5) is 11.5. The molecule has 90 valence electrons. The van der Waals surface area contributed by atoms with Gasteiger partial charge in [0.25, 0.3) is 0 Å². The summed E-state index contributed by atoms with van der Waals surface area (Å²) in [5.74, 6) is 0. The predicted molar refractivity (Wildman–Crippen MR) is 61.5 cm³/mol. The van der Waals surface area contributed by atoms with Gasteiger partial charge in [-0.15, -0.1) is 0 Å². The molecule has 1 saturated heterocycles. The molecule has 0 atom stereocenters. The molecular weight excluding hydrogens is 206 g/mol. The molecule has 5 nitrogen and oxygen atoms in total. The third-order valence-electron chi connectivity index (χ3n) is 3.02. The Hall–Kier alpha value is -1.07. The zero-order chi connectivity index (χ0) is 11.4. The van der Waals surface area contributed by atoms with Crippen LogP contribution < -0.4 is 11.0 Å². The molecule has 0 aliphatic carbocycles. The van der Waals surface area contributed by atoms with Gasteiger partial charge in [-0.1, -0.05) is 0 Å². The molecule has 1 aliphatic rings. The van der Waals surface area contributed by atoms with Crippen molar-refractivity contribution >= 4 is 0 Å². The van der Waals surface area contributed by atoms with Crippen molar-refractivity contribution in [3.63, 3.8) is 0 Å². The number of hydrogen-bond acceptors (Lipinski definition) is 3. The molecule has 5 heteroatoms. The Labute approximate surface area is 95.0 Å². The van der Waals surface area contributed by atoms with E-state index in [1.54, 1.807) is 22.4 Å². The molecule has 2 rings (SSSR count). The molecule has 1 N–H and O–H groups in total. The van der Waals surface area contributed by atoms with Crippen molar-refractivity contribution in [3.8, 4) is 0 Å². The van der Waals surface area contributed by atoms with Gasteiger partial charge in [0.2, 0.25) is 0 Å². The standard InChI is InChI=1S/C11H19N3O2/c1-13-6-7-14(11(13)15)5-4-12-10-2-8-16-9-3-10/h6-7,10,12H,2-5,8-9H2,1H3. The molecule has 0 unspecified atom stereocenters. The van der Waals surface area contributed by atoms with Gasteiger partial charge in [0.15, 0.2) is 0 Å². The third-order valence-corrected chi connectivity index (χ3v) is 3.02. The van der Waals surface area contributed by atoms with Gasteiger partial charge in [-0.2, -0.15) is 0 Å². The minimum atomic E-state index is 0.0498. The average Bonchev–Trinajstić information content (AvgIpc) is 2.62. The van der Waals surface area contributed by atoms with Crippen LogP contribution in [0.5, 0.6) is 0 Å². The number of rotatable bonds is 4. The lowest BCUT2D eigenvalue weighted by Crippen LogP contribution is -2.37. The van der Waals surface area contributed by atoms with Gasteiger partial charge in [-0.05, 0) is 12.8 Å². The Kier molecular flexibility index (Phi) is 3.79. The van der Waals surface area contributed by atoms with Gasteiger partial charge >= 0.3 is 5.69 Å². The highest BCUT2D eigenvalue weighted by Gasteiger charge is 2.12. The number of ether oxygens (including phenoxy) is 1. The first-order valence-electron chi connectivity index (χ1n) is 5.80. The van der Waals surface area contributed by atoms with Crippen molar-refractivity contribution in [3.05, 3.63) is 22.9 Å². The number of aryl methyl sites for hydroxylation is 1. The zero-order valence-corrected chi connectivity index (χ0v) is 9.69. The van der Waals surface area contributed by atoms with Crippen molar-refractivity contribution in [2.75, 3.05) is 19.8 Å². The summed E-state index contributed by atoms with van der Waals surface area (Å²) < 4.78 is 8.61. The van der Waals surface area contributed by atoms with Crippen LogP contribution in [-0.2, 0) is 18.3 Å². The molecule has 1 fully saturated rings. The summed E-state index contributed by atoms with van der Waals surface area (Å²) in [6.07, 6.45) is 5.76. The average molecular weight is 225 g/mol. The second-order valence-electron chi connectivity index (χ2n) is 4.23. The summed E-state index contributed by atoms with van der Waals surface area (Å²) >= 11 is 0. The van der Waals surface area contributed by atoms with E-state index in [0.717, 1.165) is 39.1 Å². The van der Waals surface area contributed by atoms with Crippen molar-refractivity contribution in [1.82, 2.24) is 14.5 Å². The van der Waals surface area contributed by atoms with Crippen LogP contribution in [0.25, 0.3) is 0 Å². The van der Waals surface area contributed by atoms with Crippen LogP contribution in [0.15, 0.2) is 17.2 Å². The van der Waals surface area contributed by atoms with Crippen molar-refractivity contribution in [2.45, 2.75) is 25.4 Å². The Balaban J connectivity index is 1.75. The Morgan fingerprint density at radius 1 is 1.44 bits per heavy atom. The lowest BCUT2D eigenvalue weighted by atomic mass is 10.1. The minimum Gasteiger partial charge on any atom is -0.381 e. The molecular formula is C11H19N3O2. The van der Waals surface area contributed by atoms with Gasteiger partial charge in [0.05, 0.1) is 0 Å². The number of nitrogens with one attached hydrogen (secondary N) is 1. The van der Waals surface area contributed by atoms with Crippen LogP contribution in [0.1, 0.15) is 12.8 Å². The maximum atomic E-state index is 11.5. The van der Waals surface area contributed by atoms with E-state index >= 15 is 0 Å². The van der Waals surface area contributed by atoms with Crippen molar-refractivity contribution in [1.29, 1.82) is 0 Å². The topological polar surface area (TPSA) is 48.2 Å². The lowest BCUT2D eigenvalue weighted by molar-refractivity contribution is 0.0778. The van der Waals surface area contributed by atoms with Gasteiger partial charge in [0, 0.05) is 51.8 Å².